The Morgan fingerprint density at radius 1 is 1.22 bits per heavy atom. The van der Waals surface area contributed by atoms with Gasteiger partial charge in [-0.15, -0.1) is 0 Å². The molecule has 3 rings (SSSR count). The molecule has 1 aliphatic heterocycles. The van der Waals surface area contributed by atoms with Crippen LogP contribution in [0.4, 0.5) is 5.82 Å². The van der Waals surface area contributed by atoms with Gasteiger partial charge >= 0.3 is 0 Å². The molecule has 0 radical (unpaired) electrons. The molecule has 1 aromatic heterocycles. The van der Waals surface area contributed by atoms with E-state index >= 15 is 0 Å². The van der Waals surface area contributed by atoms with Gasteiger partial charge in [0, 0.05) is 41.5 Å². The van der Waals surface area contributed by atoms with Crippen LogP contribution in [0.5, 0.6) is 0 Å². The highest BCUT2D eigenvalue weighted by atomic mass is 35.5. The molecule has 0 bridgehead atoms. The van der Waals surface area contributed by atoms with Crippen molar-refractivity contribution >= 4 is 17.4 Å². The lowest BCUT2D eigenvalue weighted by atomic mass is 10.1. The maximum Gasteiger partial charge on any atom is 0.161 e. The Balaban J connectivity index is 2.06. The van der Waals surface area contributed by atoms with Gasteiger partial charge in [-0.3, -0.25) is 0 Å². The number of nitrogens with one attached hydrogen (secondary N) is 1. The highest BCUT2D eigenvalue weighted by Crippen LogP contribution is 2.27. The molecule has 2 aromatic rings. The summed E-state index contributed by atoms with van der Waals surface area (Å²) in [5.74, 6) is 1.84. The third kappa shape index (κ3) is 3.65. The molecule has 23 heavy (non-hydrogen) atoms. The van der Waals surface area contributed by atoms with Crippen LogP contribution < -0.4 is 10.2 Å². The van der Waals surface area contributed by atoms with E-state index in [1.165, 1.54) is 5.56 Å². The molecule has 4 nitrogen and oxygen atoms in total. The van der Waals surface area contributed by atoms with Gasteiger partial charge in [0.25, 0.3) is 0 Å². The minimum atomic E-state index is 0.712. The summed E-state index contributed by atoms with van der Waals surface area (Å²) in [6, 6.07) is 7.76. The lowest BCUT2D eigenvalue weighted by Crippen LogP contribution is -2.30. The second kappa shape index (κ2) is 7.28. The van der Waals surface area contributed by atoms with Crippen LogP contribution in [0.2, 0.25) is 5.02 Å². The summed E-state index contributed by atoms with van der Waals surface area (Å²) in [6.07, 6.45) is 2.08. The Labute approximate surface area is 142 Å². The highest BCUT2D eigenvalue weighted by Gasteiger charge is 2.18. The minimum absolute atomic E-state index is 0.712. The fraction of sp³-hybridized carbons (Fsp3) is 0.444. The fourth-order valence-corrected chi connectivity index (χ4v) is 3.26. The topological polar surface area (TPSA) is 41.1 Å². The number of aryl methyl sites for hydroxylation is 1. The average Bonchev–Trinajstić information content (AvgIpc) is 2.83. The maximum atomic E-state index is 6.13. The zero-order valence-electron chi connectivity index (χ0n) is 13.8. The van der Waals surface area contributed by atoms with Crippen molar-refractivity contribution in [3.05, 3.63) is 40.5 Å². The molecule has 0 saturated carbocycles. The lowest BCUT2D eigenvalue weighted by Gasteiger charge is -2.25. The first kappa shape index (κ1) is 16.2. The van der Waals surface area contributed by atoms with Crippen LogP contribution in [0.15, 0.2) is 24.3 Å². The van der Waals surface area contributed by atoms with E-state index in [0.717, 1.165) is 61.9 Å². The Bertz CT molecular complexity index is 679. The number of benzene rings is 1. The van der Waals surface area contributed by atoms with Crippen LogP contribution in [0.3, 0.4) is 0 Å². The molecule has 1 N–H and O–H groups in total. The van der Waals surface area contributed by atoms with Crippen molar-refractivity contribution in [2.24, 2.45) is 0 Å². The molecular weight excluding hydrogens is 308 g/mol. The van der Waals surface area contributed by atoms with Crippen molar-refractivity contribution in [3.63, 3.8) is 0 Å². The molecule has 1 aromatic carbocycles. The third-order valence-electron chi connectivity index (χ3n) is 4.27. The van der Waals surface area contributed by atoms with Crippen LogP contribution in [-0.2, 0) is 6.42 Å². The summed E-state index contributed by atoms with van der Waals surface area (Å²) in [4.78, 5) is 12.0. The van der Waals surface area contributed by atoms with Crippen molar-refractivity contribution in [2.45, 2.75) is 26.7 Å². The van der Waals surface area contributed by atoms with E-state index in [2.05, 4.69) is 24.1 Å². The van der Waals surface area contributed by atoms with Gasteiger partial charge < -0.3 is 10.2 Å². The molecule has 0 spiro atoms. The van der Waals surface area contributed by atoms with Gasteiger partial charge in [0.05, 0.1) is 0 Å². The monoisotopic (exact) mass is 330 g/mol. The summed E-state index contributed by atoms with van der Waals surface area (Å²) in [5.41, 5.74) is 3.28. The van der Waals surface area contributed by atoms with E-state index < -0.39 is 0 Å². The zero-order valence-corrected chi connectivity index (χ0v) is 14.5. The van der Waals surface area contributed by atoms with Gasteiger partial charge in [-0.25, -0.2) is 9.97 Å². The zero-order chi connectivity index (χ0) is 16.2. The average molecular weight is 331 g/mol. The largest absolute Gasteiger partial charge is 0.355 e. The Morgan fingerprint density at radius 3 is 2.87 bits per heavy atom. The third-order valence-corrected chi connectivity index (χ3v) is 4.50. The number of nitrogens with zero attached hydrogens (tertiary/aromatic N) is 3. The van der Waals surface area contributed by atoms with Gasteiger partial charge in [-0.2, -0.15) is 0 Å². The van der Waals surface area contributed by atoms with E-state index in [1.54, 1.807) is 0 Å². The standard InChI is InChI=1S/C18H23ClN4/c1-3-16-13(2)21-17(14-6-4-7-15(19)12-14)22-18(16)23-10-5-8-20-9-11-23/h4,6-7,12,20H,3,5,8-11H2,1-2H3. The van der Waals surface area contributed by atoms with Crippen LogP contribution >= 0.6 is 11.6 Å². The second-order valence-electron chi connectivity index (χ2n) is 5.89. The van der Waals surface area contributed by atoms with E-state index in [0.29, 0.717) is 5.02 Å². The molecule has 0 amide bonds. The number of aromatic nitrogens is 2. The van der Waals surface area contributed by atoms with Crippen molar-refractivity contribution in [1.29, 1.82) is 0 Å². The first-order valence-electron chi connectivity index (χ1n) is 8.28. The first-order chi connectivity index (χ1) is 11.2. The fourth-order valence-electron chi connectivity index (χ4n) is 3.07. The van der Waals surface area contributed by atoms with Crippen LogP contribution in [0.25, 0.3) is 11.4 Å². The molecule has 0 aliphatic carbocycles. The Kier molecular flexibility index (Phi) is 5.13. The molecule has 122 valence electrons. The summed E-state index contributed by atoms with van der Waals surface area (Å²) >= 11 is 6.13. The van der Waals surface area contributed by atoms with Crippen molar-refractivity contribution in [3.8, 4) is 11.4 Å². The van der Waals surface area contributed by atoms with Gasteiger partial charge in [0.15, 0.2) is 5.82 Å². The van der Waals surface area contributed by atoms with Crippen molar-refractivity contribution in [1.82, 2.24) is 15.3 Å². The smallest absolute Gasteiger partial charge is 0.161 e. The van der Waals surface area contributed by atoms with E-state index in [4.69, 9.17) is 21.6 Å². The van der Waals surface area contributed by atoms with Crippen LogP contribution in [0, 0.1) is 6.92 Å². The number of anilines is 1. The summed E-state index contributed by atoms with van der Waals surface area (Å²) < 4.78 is 0. The molecular formula is C18H23ClN4. The van der Waals surface area contributed by atoms with Crippen LogP contribution in [0.1, 0.15) is 24.6 Å². The van der Waals surface area contributed by atoms with Crippen LogP contribution in [-0.4, -0.2) is 36.1 Å². The van der Waals surface area contributed by atoms with Crippen molar-refractivity contribution in [2.75, 3.05) is 31.1 Å². The number of rotatable bonds is 3. The summed E-state index contributed by atoms with van der Waals surface area (Å²) in [7, 11) is 0. The molecule has 1 saturated heterocycles. The van der Waals surface area contributed by atoms with E-state index in [9.17, 15) is 0 Å². The van der Waals surface area contributed by atoms with Crippen molar-refractivity contribution < 1.29 is 0 Å². The van der Waals surface area contributed by atoms with Gasteiger partial charge in [0.2, 0.25) is 0 Å². The summed E-state index contributed by atoms with van der Waals surface area (Å²) in [5, 5.41) is 4.16. The predicted molar refractivity (Wildman–Crippen MR) is 96.3 cm³/mol. The van der Waals surface area contributed by atoms with E-state index in [-0.39, 0.29) is 0 Å². The second-order valence-corrected chi connectivity index (χ2v) is 6.33. The minimum Gasteiger partial charge on any atom is -0.355 e. The Hall–Kier alpha value is -1.65. The van der Waals surface area contributed by atoms with E-state index in [1.807, 2.05) is 24.3 Å². The molecule has 5 heteroatoms. The quantitative estimate of drug-likeness (QED) is 0.935. The molecule has 0 atom stereocenters. The SMILES string of the molecule is CCc1c(C)nc(-c2cccc(Cl)c2)nc1N1CCCNCC1. The molecule has 2 heterocycles. The lowest BCUT2D eigenvalue weighted by molar-refractivity contribution is 0.724. The summed E-state index contributed by atoms with van der Waals surface area (Å²) in [6.45, 7) is 8.34. The van der Waals surface area contributed by atoms with Gasteiger partial charge in [-0.1, -0.05) is 30.7 Å². The Morgan fingerprint density at radius 2 is 2.09 bits per heavy atom. The van der Waals surface area contributed by atoms with Gasteiger partial charge in [0.1, 0.15) is 5.82 Å². The number of hydrogen-bond donors (Lipinski definition) is 1. The molecule has 1 aliphatic rings. The van der Waals surface area contributed by atoms with Gasteiger partial charge in [-0.05, 0) is 38.4 Å². The first-order valence-corrected chi connectivity index (χ1v) is 8.66. The maximum absolute atomic E-state index is 6.13. The molecule has 1 fully saturated rings. The number of halogens is 1. The number of hydrogen-bond acceptors (Lipinski definition) is 4. The normalized spacial score (nSPS) is 15.5. The molecule has 0 unspecified atom stereocenters. The predicted octanol–water partition coefficient (Wildman–Crippen LogP) is 3.47. The highest BCUT2D eigenvalue weighted by molar-refractivity contribution is 6.30.